The summed E-state index contributed by atoms with van der Waals surface area (Å²) < 4.78 is 5.54. The van der Waals surface area contributed by atoms with Gasteiger partial charge in [0.15, 0.2) is 0 Å². The van der Waals surface area contributed by atoms with Crippen molar-refractivity contribution in [1.29, 1.82) is 5.26 Å². The Kier molecular flexibility index (Phi) is 5.19. The van der Waals surface area contributed by atoms with E-state index in [1.165, 1.54) is 4.90 Å². The predicted octanol–water partition coefficient (Wildman–Crippen LogP) is 2.46. The molecule has 0 fully saturated rings. The third kappa shape index (κ3) is 4.10. The topological polar surface area (TPSA) is 53.3 Å². The molecule has 0 aliphatic rings. The van der Waals surface area contributed by atoms with Gasteiger partial charge in [-0.25, -0.2) is 0 Å². The first-order valence-electron chi connectivity index (χ1n) is 5.93. The van der Waals surface area contributed by atoms with Crippen LogP contribution >= 0.6 is 0 Å². The molecule has 1 amide bonds. The molecule has 96 valence electrons. The number of nitrogens with zero attached hydrogens (tertiary/aromatic N) is 2. The zero-order valence-electron chi connectivity index (χ0n) is 11.0. The van der Waals surface area contributed by atoms with Gasteiger partial charge in [-0.2, -0.15) is 5.26 Å². The van der Waals surface area contributed by atoms with Crippen LogP contribution in [0.2, 0.25) is 0 Å². The fourth-order valence-corrected chi connectivity index (χ4v) is 1.51. The standard InChI is InChI=1S/C14H18N2O2/c1-11(2)18-13-7-4-6-12(10-13)14(17)16(3)9-5-8-15/h4,6-7,10-11H,5,9H2,1-3H3. The van der Waals surface area contributed by atoms with E-state index in [9.17, 15) is 4.79 Å². The quantitative estimate of drug-likeness (QED) is 0.802. The van der Waals surface area contributed by atoms with Gasteiger partial charge in [-0.1, -0.05) is 6.07 Å². The molecule has 4 heteroatoms. The maximum atomic E-state index is 12.0. The van der Waals surface area contributed by atoms with Gasteiger partial charge < -0.3 is 9.64 Å². The summed E-state index contributed by atoms with van der Waals surface area (Å²) in [5.74, 6) is 0.587. The van der Waals surface area contributed by atoms with Crippen LogP contribution in [0.15, 0.2) is 24.3 Å². The van der Waals surface area contributed by atoms with Crippen molar-refractivity contribution < 1.29 is 9.53 Å². The lowest BCUT2D eigenvalue weighted by Crippen LogP contribution is -2.27. The first-order valence-corrected chi connectivity index (χ1v) is 5.93. The molecule has 0 aliphatic heterocycles. The normalized spacial score (nSPS) is 9.94. The molecule has 0 spiro atoms. The summed E-state index contributed by atoms with van der Waals surface area (Å²) in [5, 5.41) is 8.50. The fraction of sp³-hybridized carbons (Fsp3) is 0.429. The molecule has 0 aromatic heterocycles. The molecule has 1 rings (SSSR count). The third-order valence-corrected chi connectivity index (χ3v) is 2.36. The van der Waals surface area contributed by atoms with Gasteiger partial charge in [0.2, 0.25) is 0 Å². The molecule has 0 N–H and O–H groups in total. The van der Waals surface area contributed by atoms with E-state index in [-0.39, 0.29) is 12.0 Å². The van der Waals surface area contributed by atoms with Crippen LogP contribution in [0.25, 0.3) is 0 Å². The molecule has 18 heavy (non-hydrogen) atoms. The second-order valence-corrected chi connectivity index (χ2v) is 4.33. The largest absolute Gasteiger partial charge is 0.491 e. The van der Waals surface area contributed by atoms with Crippen LogP contribution in [0.5, 0.6) is 5.75 Å². The van der Waals surface area contributed by atoms with E-state index in [0.717, 1.165) is 0 Å². The SMILES string of the molecule is CC(C)Oc1cccc(C(=O)N(C)CCC#N)c1. The number of amides is 1. The Bertz CT molecular complexity index is 449. The predicted molar refractivity (Wildman–Crippen MR) is 69.4 cm³/mol. The first kappa shape index (κ1) is 14.0. The molecular weight excluding hydrogens is 228 g/mol. The number of hydrogen-bond acceptors (Lipinski definition) is 3. The highest BCUT2D eigenvalue weighted by molar-refractivity contribution is 5.94. The van der Waals surface area contributed by atoms with Crippen molar-refractivity contribution in [2.45, 2.75) is 26.4 Å². The van der Waals surface area contributed by atoms with Crippen molar-refractivity contribution >= 4 is 5.91 Å². The lowest BCUT2D eigenvalue weighted by molar-refractivity contribution is 0.0797. The monoisotopic (exact) mass is 246 g/mol. The summed E-state index contributed by atoms with van der Waals surface area (Å²) >= 11 is 0. The van der Waals surface area contributed by atoms with Crippen molar-refractivity contribution in [3.05, 3.63) is 29.8 Å². The molecule has 0 bridgehead atoms. The van der Waals surface area contributed by atoms with E-state index in [1.807, 2.05) is 26.0 Å². The number of benzene rings is 1. The van der Waals surface area contributed by atoms with Gasteiger partial charge in [0.1, 0.15) is 5.75 Å². The molecule has 0 atom stereocenters. The number of hydrogen-bond donors (Lipinski definition) is 0. The molecule has 0 unspecified atom stereocenters. The van der Waals surface area contributed by atoms with E-state index in [1.54, 1.807) is 25.2 Å². The van der Waals surface area contributed by atoms with Crippen LogP contribution in [0.1, 0.15) is 30.6 Å². The maximum absolute atomic E-state index is 12.0. The summed E-state index contributed by atoms with van der Waals surface area (Å²) in [6.07, 6.45) is 0.413. The third-order valence-electron chi connectivity index (χ3n) is 2.36. The summed E-state index contributed by atoms with van der Waals surface area (Å²) in [6, 6.07) is 9.12. The number of carbonyl (C=O) groups excluding carboxylic acids is 1. The second kappa shape index (κ2) is 6.65. The average Bonchev–Trinajstić information content (AvgIpc) is 2.34. The van der Waals surface area contributed by atoms with Gasteiger partial charge >= 0.3 is 0 Å². The van der Waals surface area contributed by atoms with Gasteiger partial charge in [0, 0.05) is 19.2 Å². The van der Waals surface area contributed by atoms with E-state index in [2.05, 4.69) is 0 Å². The van der Waals surface area contributed by atoms with Crippen LogP contribution in [-0.2, 0) is 0 Å². The zero-order chi connectivity index (χ0) is 13.5. The molecule has 0 radical (unpaired) electrons. The van der Waals surface area contributed by atoms with Crippen molar-refractivity contribution in [2.24, 2.45) is 0 Å². The lowest BCUT2D eigenvalue weighted by Gasteiger charge is -2.16. The van der Waals surface area contributed by atoms with E-state index < -0.39 is 0 Å². The van der Waals surface area contributed by atoms with E-state index in [0.29, 0.717) is 24.3 Å². The van der Waals surface area contributed by atoms with E-state index in [4.69, 9.17) is 10.00 Å². The van der Waals surface area contributed by atoms with Crippen LogP contribution in [0.4, 0.5) is 0 Å². The fourth-order valence-electron chi connectivity index (χ4n) is 1.51. The number of rotatable bonds is 5. The highest BCUT2D eigenvalue weighted by atomic mass is 16.5. The van der Waals surface area contributed by atoms with Crippen molar-refractivity contribution in [1.82, 2.24) is 4.90 Å². The lowest BCUT2D eigenvalue weighted by atomic mass is 10.2. The van der Waals surface area contributed by atoms with Gasteiger partial charge in [-0.3, -0.25) is 4.79 Å². The van der Waals surface area contributed by atoms with E-state index >= 15 is 0 Å². The first-order chi connectivity index (χ1) is 8.54. The number of carbonyl (C=O) groups is 1. The molecule has 4 nitrogen and oxygen atoms in total. The molecule has 0 saturated heterocycles. The number of nitriles is 1. The minimum Gasteiger partial charge on any atom is -0.491 e. The maximum Gasteiger partial charge on any atom is 0.253 e. The molecule has 0 saturated carbocycles. The Balaban J connectivity index is 2.77. The van der Waals surface area contributed by atoms with Gasteiger partial charge in [0.25, 0.3) is 5.91 Å². The van der Waals surface area contributed by atoms with Crippen LogP contribution in [0, 0.1) is 11.3 Å². The second-order valence-electron chi connectivity index (χ2n) is 4.33. The van der Waals surface area contributed by atoms with Gasteiger partial charge in [0.05, 0.1) is 18.6 Å². The summed E-state index contributed by atoms with van der Waals surface area (Å²) in [5.41, 5.74) is 0.577. The number of ether oxygens (including phenoxy) is 1. The Hall–Kier alpha value is -2.02. The average molecular weight is 246 g/mol. The van der Waals surface area contributed by atoms with Gasteiger partial charge in [-0.05, 0) is 32.0 Å². The Labute approximate surface area is 108 Å². The summed E-state index contributed by atoms with van der Waals surface area (Å²) in [6.45, 7) is 4.31. The molecule has 1 aromatic carbocycles. The van der Waals surface area contributed by atoms with Crippen molar-refractivity contribution in [2.75, 3.05) is 13.6 Å². The smallest absolute Gasteiger partial charge is 0.253 e. The van der Waals surface area contributed by atoms with Crippen molar-refractivity contribution in [3.63, 3.8) is 0 Å². The minimum absolute atomic E-state index is 0.0756. The van der Waals surface area contributed by atoms with Gasteiger partial charge in [-0.15, -0.1) is 0 Å². The summed E-state index contributed by atoms with van der Waals surface area (Å²) in [4.78, 5) is 13.6. The Morgan fingerprint density at radius 3 is 2.83 bits per heavy atom. The molecule has 0 aliphatic carbocycles. The van der Waals surface area contributed by atoms with Crippen LogP contribution < -0.4 is 4.74 Å². The van der Waals surface area contributed by atoms with Crippen molar-refractivity contribution in [3.8, 4) is 11.8 Å². The minimum atomic E-state index is -0.0977. The summed E-state index contributed by atoms with van der Waals surface area (Å²) in [7, 11) is 1.69. The van der Waals surface area contributed by atoms with Crippen LogP contribution in [0.3, 0.4) is 0 Å². The highest BCUT2D eigenvalue weighted by Gasteiger charge is 2.12. The van der Waals surface area contributed by atoms with Crippen LogP contribution in [-0.4, -0.2) is 30.5 Å². The Morgan fingerprint density at radius 2 is 2.22 bits per heavy atom. The molecule has 1 aromatic rings. The zero-order valence-corrected chi connectivity index (χ0v) is 11.0. The molecule has 0 heterocycles. The molecular formula is C14H18N2O2. The Morgan fingerprint density at radius 1 is 1.50 bits per heavy atom. The highest BCUT2D eigenvalue weighted by Crippen LogP contribution is 2.16.